The number of piperidine rings is 1. The number of alkyl halides is 4. The number of carbonyl (C=O) groups excluding carboxylic acids is 1. The Morgan fingerprint density at radius 3 is 2.54 bits per heavy atom. The van der Waals surface area contributed by atoms with Crippen LogP contribution >= 0.6 is 0 Å². The molecular formula is C15H18F4N4O. The summed E-state index contributed by atoms with van der Waals surface area (Å²) in [5.74, 6) is -0.216. The molecule has 0 N–H and O–H groups in total. The van der Waals surface area contributed by atoms with Gasteiger partial charge in [0.1, 0.15) is 5.69 Å². The van der Waals surface area contributed by atoms with E-state index >= 15 is 0 Å². The summed E-state index contributed by atoms with van der Waals surface area (Å²) in [5, 5.41) is 0. The first-order valence-corrected chi connectivity index (χ1v) is 7.89. The number of aromatic nitrogens is 2. The van der Waals surface area contributed by atoms with Gasteiger partial charge in [-0.3, -0.25) is 9.18 Å². The van der Waals surface area contributed by atoms with E-state index in [0.29, 0.717) is 32.5 Å². The van der Waals surface area contributed by atoms with E-state index in [1.807, 2.05) is 0 Å². The predicted molar refractivity (Wildman–Crippen MR) is 78.1 cm³/mol. The summed E-state index contributed by atoms with van der Waals surface area (Å²) in [6.45, 7) is 0.866. The number of rotatable bonds is 3. The van der Waals surface area contributed by atoms with E-state index in [4.69, 9.17) is 0 Å². The van der Waals surface area contributed by atoms with Crippen LogP contribution in [-0.2, 0) is 11.0 Å². The van der Waals surface area contributed by atoms with E-state index in [0.717, 1.165) is 12.3 Å². The average molecular weight is 346 g/mol. The summed E-state index contributed by atoms with van der Waals surface area (Å²) in [6.07, 6.45) is -1.92. The molecular weight excluding hydrogens is 328 g/mol. The SMILES string of the molecule is O=C1CC(CF)CN1C1CCN(c2nccc(C(F)(F)F)n2)CC1. The predicted octanol–water partition coefficient (Wildman–Crippen LogP) is 2.28. The molecule has 0 aliphatic carbocycles. The van der Waals surface area contributed by atoms with E-state index in [1.54, 1.807) is 9.80 Å². The molecule has 1 atom stereocenters. The lowest BCUT2D eigenvalue weighted by atomic mass is 10.0. The minimum absolute atomic E-state index is 0.0103. The summed E-state index contributed by atoms with van der Waals surface area (Å²) >= 11 is 0. The van der Waals surface area contributed by atoms with Gasteiger partial charge in [0.15, 0.2) is 0 Å². The fraction of sp³-hybridized carbons (Fsp3) is 0.667. The Kier molecular flexibility index (Phi) is 4.60. The number of hydrogen-bond acceptors (Lipinski definition) is 4. The Balaban J connectivity index is 1.62. The van der Waals surface area contributed by atoms with Crippen molar-refractivity contribution < 1.29 is 22.4 Å². The molecule has 1 amide bonds. The van der Waals surface area contributed by atoms with E-state index in [2.05, 4.69) is 9.97 Å². The van der Waals surface area contributed by atoms with Gasteiger partial charge in [-0.25, -0.2) is 9.97 Å². The van der Waals surface area contributed by atoms with Gasteiger partial charge in [-0.05, 0) is 18.9 Å². The Bertz CT molecular complexity index is 601. The second-order valence-electron chi connectivity index (χ2n) is 6.23. The van der Waals surface area contributed by atoms with Crippen LogP contribution in [0.5, 0.6) is 0 Å². The van der Waals surface area contributed by atoms with Crippen LogP contribution in [0, 0.1) is 5.92 Å². The summed E-state index contributed by atoms with van der Waals surface area (Å²) in [4.78, 5) is 22.9. The third-order valence-electron chi connectivity index (χ3n) is 4.58. The van der Waals surface area contributed by atoms with Crippen molar-refractivity contribution in [1.82, 2.24) is 14.9 Å². The first-order valence-electron chi connectivity index (χ1n) is 7.89. The Labute approximate surface area is 136 Å². The van der Waals surface area contributed by atoms with Crippen LogP contribution < -0.4 is 4.90 Å². The molecule has 2 fully saturated rings. The molecule has 3 rings (SSSR count). The highest BCUT2D eigenvalue weighted by atomic mass is 19.4. The molecule has 132 valence electrons. The van der Waals surface area contributed by atoms with Gasteiger partial charge in [0, 0.05) is 44.2 Å². The van der Waals surface area contributed by atoms with Gasteiger partial charge in [0.2, 0.25) is 11.9 Å². The number of hydrogen-bond donors (Lipinski definition) is 0. The van der Waals surface area contributed by atoms with Crippen molar-refractivity contribution in [3.05, 3.63) is 18.0 Å². The highest BCUT2D eigenvalue weighted by Crippen LogP contribution is 2.30. The molecule has 3 heterocycles. The largest absolute Gasteiger partial charge is 0.433 e. The van der Waals surface area contributed by atoms with Crippen molar-refractivity contribution >= 4 is 11.9 Å². The van der Waals surface area contributed by atoms with E-state index in [1.165, 1.54) is 0 Å². The highest BCUT2D eigenvalue weighted by Gasteiger charge is 2.37. The molecule has 1 unspecified atom stereocenters. The lowest BCUT2D eigenvalue weighted by molar-refractivity contribution is -0.141. The molecule has 0 spiro atoms. The fourth-order valence-corrected chi connectivity index (χ4v) is 3.30. The van der Waals surface area contributed by atoms with E-state index < -0.39 is 18.5 Å². The van der Waals surface area contributed by atoms with Crippen LogP contribution in [-0.4, -0.2) is 53.1 Å². The van der Waals surface area contributed by atoms with Crippen molar-refractivity contribution in [2.75, 3.05) is 31.2 Å². The van der Waals surface area contributed by atoms with Gasteiger partial charge >= 0.3 is 6.18 Å². The van der Waals surface area contributed by atoms with Gasteiger partial charge in [0.25, 0.3) is 0 Å². The van der Waals surface area contributed by atoms with Crippen molar-refractivity contribution in [1.29, 1.82) is 0 Å². The molecule has 1 aromatic rings. The molecule has 0 saturated carbocycles. The normalized spacial score (nSPS) is 23.2. The zero-order chi connectivity index (χ0) is 17.3. The van der Waals surface area contributed by atoms with Gasteiger partial charge < -0.3 is 9.80 Å². The topological polar surface area (TPSA) is 49.3 Å². The summed E-state index contributed by atoms with van der Waals surface area (Å²) in [7, 11) is 0. The van der Waals surface area contributed by atoms with Gasteiger partial charge in [-0.15, -0.1) is 0 Å². The van der Waals surface area contributed by atoms with Crippen LogP contribution in [0.4, 0.5) is 23.5 Å². The maximum absolute atomic E-state index is 12.7. The number of anilines is 1. The van der Waals surface area contributed by atoms with Crippen molar-refractivity contribution in [2.45, 2.75) is 31.5 Å². The molecule has 0 aromatic carbocycles. The van der Waals surface area contributed by atoms with Gasteiger partial charge in [-0.1, -0.05) is 0 Å². The molecule has 1 aromatic heterocycles. The smallest absolute Gasteiger partial charge is 0.341 e. The molecule has 24 heavy (non-hydrogen) atoms. The lowest BCUT2D eigenvalue weighted by Gasteiger charge is -2.36. The van der Waals surface area contributed by atoms with Crippen molar-refractivity contribution in [3.8, 4) is 0 Å². The molecule has 2 saturated heterocycles. The van der Waals surface area contributed by atoms with Crippen LogP contribution in [0.15, 0.2) is 12.3 Å². The first kappa shape index (κ1) is 16.9. The average Bonchev–Trinajstić information content (AvgIpc) is 2.95. The summed E-state index contributed by atoms with van der Waals surface area (Å²) in [6, 6.07) is 0.854. The zero-order valence-corrected chi connectivity index (χ0v) is 13.0. The zero-order valence-electron chi connectivity index (χ0n) is 13.0. The van der Waals surface area contributed by atoms with Crippen molar-refractivity contribution in [3.63, 3.8) is 0 Å². The number of nitrogens with zero attached hydrogens (tertiary/aromatic N) is 4. The maximum atomic E-state index is 12.7. The van der Waals surface area contributed by atoms with E-state index in [-0.39, 0.29) is 30.2 Å². The van der Waals surface area contributed by atoms with Crippen LogP contribution in [0.3, 0.4) is 0 Å². The quantitative estimate of drug-likeness (QED) is 0.788. The third-order valence-corrected chi connectivity index (χ3v) is 4.58. The third kappa shape index (κ3) is 3.44. The van der Waals surface area contributed by atoms with Crippen LogP contribution in [0.2, 0.25) is 0 Å². The minimum atomic E-state index is -4.50. The number of halogens is 4. The van der Waals surface area contributed by atoms with E-state index in [9.17, 15) is 22.4 Å². The first-order chi connectivity index (χ1) is 11.4. The fourth-order valence-electron chi connectivity index (χ4n) is 3.30. The van der Waals surface area contributed by atoms with Crippen LogP contribution in [0.1, 0.15) is 25.0 Å². The number of likely N-dealkylation sites (tertiary alicyclic amines) is 1. The molecule has 2 aliphatic rings. The second-order valence-corrected chi connectivity index (χ2v) is 6.23. The summed E-state index contributed by atoms with van der Waals surface area (Å²) in [5.41, 5.74) is -0.963. The maximum Gasteiger partial charge on any atom is 0.433 e. The highest BCUT2D eigenvalue weighted by molar-refractivity contribution is 5.79. The number of amides is 1. The monoisotopic (exact) mass is 346 g/mol. The molecule has 2 aliphatic heterocycles. The van der Waals surface area contributed by atoms with Crippen molar-refractivity contribution in [2.24, 2.45) is 5.92 Å². The molecule has 0 radical (unpaired) electrons. The van der Waals surface area contributed by atoms with Gasteiger partial charge in [-0.2, -0.15) is 13.2 Å². The van der Waals surface area contributed by atoms with Gasteiger partial charge in [0.05, 0.1) is 6.67 Å². The van der Waals surface area contributed by atoms with Crippen LogP contribution in [0.25, 0.3) is 0 Å². The lowest BCUT2D eigenvalue weighted by Crippen LogP contribution is -2.46. The second kappa shape index (κ2) is 6.52. The molecule has 5 nitrogen and oxygen atoms in total. The Morgan fingerprint density at radius 1 is 1.25 bits per heavy atom. The molecule has 9 heteroatoms. The Morgan fingerprint density at radius 2 is 1.96 bits per heavy atom. The standard InChI is InChI=1S/C15H18F4N4O/c16-8-10-7-13(24)23(9-10)11-2-5-22(6-3-11)14-20-4-1-12(21-14)15(17,18)19/h1,4,10-11H,2-3,5-9H2. The molecule has 0 bridgehead atoms. The number of carbonyl (C=O) groups is 1. The summed E-state index contributed by atoms with van der Waals surface area (Å²) < 4.78 is 50.9. The minimum Gasteiger partial charge on any atom is -0.341 e. The Hall–Kier alpha value is -1.93.